The number of amides is 2. The van der Waals surface area contributed by atoms with E-state index in [0.717, 1.165) is 0 Å². The van der Waals surface area contributed by atoms with Gasteiger partial charge in [0.2, 0.25) is 11.7 Å². The number of aromatic nitrogens is 3. The van der Waals surface area contributed by atoms with Crippen LogP contribution in [-0.2, 0) is 9.53 Å². The number of oxazole rings is 1. The largest absolute Gasteiger partial charge is 0.464 e. The summed E-state index contributed by atoms with van der Waals surface area (Å²) in [5, 5.41) is 11.0. The first kappa shape index (κ1) is 28.4. The van der Waals surface area contributed by atoms with Crippen molar-refractivity contribution in [2.75, 3.05) is 6.61 Å². The molecule has 2 atom stereocenters. The zero-order valence-corrected chi connectivity index (χ0v) is 21.2. The minimum Gasteiger partial charge on any atom is -0.464 e. The summed E-state index contributed by atoms with van der Waals surface area (Å²) in [6.07, 6.45) is -3.65. The standard InChI is InChI=1S/C25H28F3N5O5/c1-5-19(25(26,27)28)30-21(34)17-11-16(32-33-17)14-8-7-9-15(10-14)23-29-12-18(38-23)22(35)31-20(13(3)4)24(36)37-6-2/h7-13,19-20H,5-6H2,1-4H3,(H,30,34)(H,31,35)(H,32,33)/t19?,20-/m0/s1. The van der Waals surface area contributed by atoms with E-state index < -0.39 is 36.0 Å². The third kappa shape index (κ3) is 6.78. The van der Waals surface area contributed by atoms with Crippen LogP contribution in [0.25, 0.3) is 22.7 Å². The minimum absolute atomic E-state index is 0.110. The lowest BCUT2D eigenvalue weighted by Crippen LogP contribution is -2.45. The third-order valence-electron chi connectivity index (χ3n) is 5.56. The van der Waals surface area contributed by atoms with Crippen molar-refractivity contribution in [1.29, 1.82) is 0 Å². The summed E-state index contributed by atoms with van der Waals surface area (Å²) in [7, 11) is 0. The van der Waals surface area contributed by atoms with Crippen LogP contribution in [0.3, 0.4) is 0 Å². The van der Waals surface area contributed by atoms with Gasteiger partial charge < -0.3 is 19.8 Å². The number of benzene rings is 1. The fourth-order valence-electron chi connectivity index (χ4n) is 3.50. The molecule has 38 heavy (non-hydrogen) atoms. The third-order valence-corrected chi connectivity index (χ3v) is 5.56. The number of aromatic amines is 1. The monoisotopic (exact) mass is 535 g/mol. The highest BCUT2D eigenvalue weighted by Crippen LogP contribution is 2.26. The van der Waals surface area contributed by atoms with Crippen LogP contribution in [0.2, 0.25) is 0 Å². The van der Waals surface area contributed by atoms with Crippen LogP contribution in [0.5, 0.6) is 0 Å². The Bertz CT molecular complexity index is 1280. The lowest BCUT2D eigenvalue weighted by molar-refractivity contribution is -0.154. The van der Waals surface area contributed by atoms with Crippen molar-refractivity contribution in [2.24, 2.45) is 5.92 Å². The normalized spacial score (nSPS) is 13.2. The Morgan fingerprint density at radius 1 is 1.08 bits per heavy atom. The average molecular weight is 536 g/mol. The number of carbonyl (C=O) groups excluding carboxylic acids is 3. The topological polar surface area (TPSA) is 139 Å². The van der Waals surface area contributed by atoms with Gasteiger partial charge in [0.25, 0.3) is 11.8 Å². The second-order valence-corrected chi connectivity index (χ2v) is 8.70. The first-order valence-corrected chi connectivity index (χ1v) is 11.9. The van der Waals surface area contributed by atoms with Gasteiger partial charge in [-0.05, 0) is 37.5 Å². The fourth-order valence-corrected chi connectivity index (χ4v) is 3.50. The molecule has 204 valence electrons. The number of hydrogen-bond acceptors (Lipinski definition) is 7. The molecule has 0 saturated heterocycles. The second kappa shape index (κ2) is 11.9. The molecule has 0 aliphatic rings. The smallest absolute Gasteiger partial charge is 0.408 e. The van der Waals surface area contributed by atoms with E-state index in [0.29, 0.717) is 16.8 Å². The van der Waals surface area contributed by atoms with Crippen molar-refractivity contribution in [3.8, 4) is 22.7 Å². The molecule has 1 aromatic carbocycles. The quantitative estimate of drug-likeness (QED) is 0.332. The number of nitrogens with zero attached hydrogens (tertiary/aromatic N) is 2. The molecule has 0 saturated carbocycles. The van der Waals surface area contributed by atoms with Crippen LogP contribution in [0.15, 0.2) is 40.9 Å². The van der Waals surface area contributed by atoms with Crippen LogP contribution in [0.1, 0.15) is 55.2 Å². The fraction of sp³-hybridized carbons (Fsp3) is 0.400. The van der Waals surface area contributed by atoms with Crippen molar-refractivity contribution in [3.05, 3.63) is 48.0 Å². The number of rotatable bonds is 10. The Morgan fingerprint density at radius 2 is 1.79 bits per heavy atom. The molecular weight excluding hydrogens is 507 g/mol. The van der Waals surface area contributed by atoms with Crippen LogP contribution < -0.4 is 10.6 Å². The van der Waals surface area contributed by atoms with Crippen molar-refractivity contribution >= 4 is 17.8 Å². The van der Waals surface area contributed by atoms with Crippen molar-refractivity contribution in [2.45, 2.75) is 52.4 Å². The number of H-pyrrole nitrogens is 1. The van der Waals surface area contributed by atoms with Crippen molar-refractivity contribution < 1.29 is 36.7 Å². The number of ether oxygens (including phenoxy) is 1. The highest BCUT2D eigenvalue weighted by Gasteiger charge is 2.39. The SMILES string of the molecule is CCOC(=O)[C@@H](NC(=O)c1cnc(-c2cccc(-c3cc(C(=O)NC(CC)C(F)(F)F)[nH]n3)c2)o1)C(C)C. The first-order valence-electron chi connectivity index (χ1n) is 11.9. The number of carbonyl (C=O) groups is 3. The number of nitrogens with one attached hydrogen (secondary N) is 3. The molecule has 0 spiro atoms. The van der Waals surface area contributed by atoms with Gasteiger partial charge in [-0.3, -0.25) is 14.7 Å². The number of halogens is 3. The summed E-state index contributed by atoms with van der Waals surface area (Å²) in [5.74, 6) is -2.36. The van der Waals surface area contributed by atoms with Crippen LogP contribution in [0, 0.1) is 5.92 Å². The van der Waals surface area contributed by atoms with E-state index in [2.05, 4.69) is 20.5 Å². The zero-order valence-electron chi connectivity index (χ0n) is 21.2. The first-order chi connectivity index (χ1) is 17.9. The van der Waals surface area contributed by atoms with Gasteiger partial charge >= 0.3 is 12.1 Å². The maximum Gasteiger partial charge on any atom is 0.408 e. The molecule has 0 bridgehead atoms. The molecule has 3 rings (SSSR count). The van der Waals surface area contributed by atoms with E-state index in [9.17, 15) is 27.6 Å². The summed E-state index contributed by atoms with van der Waals surface area (Å²) < 4.78 is 49.6. The van der Waals surface area contributed by atoms with E-state index in [1.807, 2.05) is 5.32 Å². The van der Waals surface area contributed by atoms with Gasteiger partial charge in [0.15, 0.2) is 0 Å². The summed E-state index contributed by atoms with van der Waals surface area (Å²) in [6.45, 7) is 6.70. The Morgan fingerprint density at radius 3 is 2.42 bits per heavy atom. The Hall–Kier alpha value is -4.16. The van der Waals surface area contributed by atoms with E-state index in [4.69, 9.17) is 9.15 Å². The van der Waals surface area contributed by atoms with Crippen LogP contribution >= 0.6 is 0 Å². The van der Waals surface area contributed by atoms with Gasteiger partial charge in [-0.25, -0.2) is 9.78 Å². The molecule has 0 fully saturated rings. The summed E-state index contributed by atoms with van der Waals surface area (Å²) in [4.78, 5) is 41.2. The molecule has 10 nitrogen and oxygen atoms in total. The summed E-state index contributed by atoms with van der Waals surface area (Å²) in [6, 6.07) is 5.12. The summed E-state index contributed by atoms with van der Waals surface area (Å²) in [5.41, 5.74) is 1.16. The molecule has 2 heterocycles. The number of esters is 1. The average Bonchev–Trinajstić information content (AvgIpc) is 3.55. The van der Waals surface area contributed by atoms with Gasteiger partial charge in [-0.2, -0.15) is 18.3 Å². The lowest BCUT2D eigenvalue weighted by atomic mass is 10.0. The van der Waals surface area contributed by atoms with E-state index in [1.165, 1.54) is 19.2 Å². The molecular formula is C25H28F3N5O5. The Kier molecular flexibility index (Phi) is 8.92. The maximum atomic E-state index is 13.0. The Balaban J connectivity index is 1.75. The summed E-state index contributed by atoms with van der Waals surface area (Å²) >= 11 is 0. The molecule has 0 aliphatic carbocycles. The lowest BCUT2D eigenvalue weighted by Gasteiger charge is -2.19. The molecule has 13 heteroatoms. The number of hydrogen-bond donors (Lipinski definition) is 3. The highest BCUT2D eigenvalue weighted by molar-refractivity contribution is 5.95. The predicted molar refractivity (Wildman–Crippen MR) is 130 cm³/mol. The minimum atomic E-state index is -4.57. The zero-order chi connectivity index (χ0) is 28.0. The number of alkyl halides is 3. The highest BCUT2D eigenvalue weighted by atomic mass is 19.4. The molecule has 2 aromatic heterocycles. The van der Waals surface area contributed by atoms with Crippen LogP contribution in [0.4, 0.5) is 13.2 Å². The second-order valence-electron chi connectivity index (χ2n) is 8.70. The van der Waals surface area contributed by atoms with Gasteiger partial charge in [0, 0.05) is 11.1 Å². The van der Waals surface area contributed by atoms with Gasteiger partial charge in [0.1, 0.15) is 17.8 Å². The molecule has 1 unspecified atom stereocenters. The van der Waals surface area contributed by atoms with Crippen molar-refractivity contribution in [3.63, 3.8) is 0 Å². The van der Waals surface area contributed by atoms with E-state index in [-0.39, 0.29) is 36.3 Å². The molecule has 3 N–H and O–H groups in total. The Labute approximate surface area is 216 Å². The van der Waals surface area contributed by atoms with Gasteiger partial charge in [-0.15, -0.1) is 0 Å². The molecule has 2 amide bonds. The van der Waals surface area contributed by atoms with Crippen LogP contribution in [-0.4, -0.2) is 57.8 Å². The van der Waals surface area contributed by atoms with Crippen molar-refractivity contribution in [1.82, 2.24) is 25.8 Å². The van der Waals surface area contributed by atoms with Gasteiger partial charge in [-0.1, -0.05) is 32.9 Å². The van der Waals surface area contributed by atoms with Gasteiger partial charge in [0.05, 0.1) is 18.5 Å². The molecule has 0 radical (unpaired) electrons. The maximum absolute atomic E-state index is 13.0. The predicted octanol–water partition coefficient (Wildman–Crippen LogP) is 4.12. The molecule has 0 aliphatic heterocycles. The van der Waals surface area contributed by atoms with E-state index >= 15 is 0 Å². The molecule has 3 aromatic rings. The van der Waals surface area contributed by atoms with E-state index in [1.54, 1.807) is 45.0 Å².